The average Bonchev–Trinajstić information content (AvgIpc) is 2.45. The van der Waals surface area contributed by atoms with Crippen molar-refractivity contribution in [1.29, 1.82) is 0 Å². The van der Waals surface area contributed by atoms with Crippen molar-refractivity contribution in [2.24, 2.45) is 0 Å². The number of benzene rings is 2. The number of hydrogen-bond donors (Lipinski definition) is 0. The van der Waals surface area contributed by atoms with Gasteiger partial charge in [0.05, 0.1) is 5.69 Å². The molecule has 104 valence electrons. The first-order chi connectivity index (χ1) is 9.58. The zero-order chi connectivity index (χ0) is 14.5. The van der Waals surface area contributed by atoms with Crippen LogP contribution in [-0.4, -0.2) is 19.4 Å². The van der Waals surface area contributed by atoms with Crippen LogP contribution in [0.2, 0.25) is 5.02 Å². The molecule has 0 unspecified atom stereocenters. The van der Waals surface area contributed by atoms with Crippen molar-refractivity contribution in [2.75, 3.05) is 18.5 Å². The lowest BCUT2D eigenvalue weighted by molar-refractivity contribution is 0.0985. The minimum atomic E-state index is -0.287. The highest BCUT2D eigenvalue weighted by Crippen LogP contribution is 2.18. The van der Waals surface area contributed by atoms with Crippen molar-refractivity contribution < 1.29 is 9.18 Å². The number of hydrogen-bond acceptors (Lipinski definition) is 2. The largest absolute Gasteiger partial charge is 0.372 e. The van der Waals surface area contributed by atoms with Crippen LogP contribution in [0.1, 0.15) is 16.8 Å². The third-order valence-corrected chi connectivity index (χ3v) is 3.32. The van der Waals surface area contributed by atoms with E-state index in [2.05, 4.69) is 0 Å². The summed E-state index contributed by atoms with van der Waals surface area (Å²) in [6.07, 6.45) is 0.311. The smallest absolute Gasteiger partial charge is 0.164 e. The van der Waals surface area contributed by atoms with E-state index in [4.69, 9.17) is 11.6 Å². The van der Waals surface area contributed by atoms with Gasteiger partial charge < -0.3 is 4.90 Å². The molecule has 0 radical (unpaired) electrons. The summed E-state index contributed by atoms with van der Waals surface area (Å²) >= 11 is 5.86. The number of nitrogens with zero attached hydrogens (tertiary/aromatic N) is 1. The molecule has 0 saturated heterocycles. The highest BCUT2D eigenvalue weighted by molar-refractivity contribution is 6.31. The molecule has 20 heavy (non-hydrogen) atoms. The molecule has 2 aromatic rings. The molecule has 2 rings (SSSR count). The normalized spacial score (nSPS) is 10.3. The maximum Gasteiger partial charge on any atom is 0.164 e. The quantitative estimate of drug-likeness (QED) is 0.770. The van der Waals surface area contributed by atoms with E-state index in [1.54, 1.807) is 54.4 Å². The van der Waals surface area contributed by atoms with Crippen molar-refractivity contribution in [3.63, 3.8) is 0 Å². The molecule has 0 amide bonds. The van der Waals surface area contributed by atoms with Gasteiger partial charge in [0.2, 0.25) is 0 Å². The Labute approximate surface area is 122 Å². The zero-order valence-electron chi connectivity index (χ0n) is 11.1. The molecule has 0 aliphatic carbocycles. The molecule has 2 nitrogen and oxygen atoms in total. The Bertz CT molecular complexity index is 615. The van der Waals surface area contributed by atoms with Crippen LogP contribution in [0.4, 0.5) is 10.1 Å². The van der Waals surface area contributed by atoms with Gasteiger partial charge in [-0.05, 0) is 24.3 Å². The first kappa shape index (κ1) is 14.5. The van der Waals surface area contributed by atoms with E-state index in [0.717, 1.165) is 0 Å². The van der Waals surface area contributed by atoms with Gasteiger partial charge in [-0.25, -0.2) is 4.39 Å². The molecule has 0 bridgehead atoms. The standard InChI is InChI=1S/C16H15ClFNO/c1-19(15-8-3-2-7-14(15)18)10-9-16(20)12-5-4-6-13(17)11-12/h2-8,11H,9-10H2,1H3. The van der Waals surface area contributed by atoms with Gasteiger partial charge in [0.15, 0.2) is 5.78 Å². The molecule has 0 aromatic heterocycles. The number of rotatable bonds is 5. The molecule has 4 heteroatoms. The van der Waals surface area contributed by atoms with Crippen LogP contribution in [0.15, 0.2) is 48.5 Å². The van der Waals surface area contributed by atoms with Crippen molar-refractivity contribution >= 4 is 23.1 Å². The lowest BCUT2D eigenvalue weighted by Crippen LogP contribution is -2.22. The van der Waals surface area contributed by atoms with Gasteiger partial charge in [0.25, 0.3) is 0 Å². The fraction of sp³-hybridized carbons (Fsp3) is 0.188. The molecule has 0 heterocycles. The molecule has 0 atom stereocenters. The fourth-order valence-corrected chi connectivity index (χ4v) is 2.15. The van der Waals surface area contributed by atoms with Crippen LogP contribution in [0, 0.1) is 5.82 Å². The Morgan fingerprint density at radius 2 is 1.95 bits per heavy atom. The number of Topliss-reactive ketones (excluding diaryl/α,β-unsaturated/α-hetero) is 1. The van der Waals surface area contributed by atoms with Crippen molar-refractivity contribution in [1.82, 2.24) is 0 Å². The second kappa shape index (κ2) is 6.53. The summed E-state index contributed by atoms with van der Waals surface area (Å²) in [5.74, 6) is -0.291. The Hall–Kier alpha value is -1.87. The Balaban J connectivity index is 1.99. The van der Waals surface area contributed by atoms with E-state index in [1.165, 1.54) is 6.07 Å². The minimum absolute atomic E-state index is 0.00399. The second-order valence-electron chi connectivity index (χ2n) is 4.56. The third-order valence-electron chi connectivity index (χ3n) is 3.08. The van der Waals surface area contributed by atoms with Crippen LogP contribution in [0.25, 0.3) is 0 Å². The van der Waals surface area contributed by atoms with E-state index in [0.29, 0.717) is 29.2 Å². The molecule has 2 aromatic carbocycles. The first-order valence-electron chi connectivity index (χ1n) is 6.32. The fourth-order valence-electron chi connectivity index (χ4n) is 1.96. The van der Waals surface area contributed by atoms with Crippen LogP contribution in [0.3, 0.4) is 0 Å². The molecule has 0 aliphatic heterocycles. The molecule has 0 spiro atoms. The van der Waals surface area contributed by atoms with Crippen LogP contribution >= 0.6 is 11.6 Å². The van der Waals surface area contributed by atoms with Gasteiger partial charge in [-0.1, -0.05) is 35.9 Å². The van der Waals surface area contributed by atoms with Crippen molar-refractivity contribution in [2.45, 2.75) is 6.42 Å². The minimum Gasteiger partial charge on any atom is -0.372 e. The van der Waals surface area contributed by atoms with Gasteiger partial charge in [0, 0.05) is 30.6 Å². The van der Waals surface area contributed by atoms with E-state index < -0.39 is 0 Å². The summed E-state index contributed by atoms with van der Waals surface area (Å²) in [6, 6.07) is 13.4. The molecular formula is C16H15ClFNO. The number of carbonyl (C=O) groups is 1. The SMILES string of the molecule is CN(CCC(=O)c1cccc(Cl)c1)c1ccccc1F. The lowest BCUT2D eigenvalue weighted by Gasteiger charge is -2.19. The Kier molecular flexibility index (Phi) is 4.74. The monoisotopic (exact) mass is 291 g/mol. The van der Waals surface area contributed by atoms with Gasteiger partial charge in [0.1, 0.15) is 5.82 Å². The van der Waals surface area contributed by atoms with Crippen LogP contribution in [-0.2, 0) is 0 Å². The molecule has 0 fully saturated rings. The molecule has 0 aliphatic rings. The summed E-state index contributed by atoms with van der Waals surface area (Å²) in [5.41, 5.74) is 1.07. The van der Waals surface area contributed by atoms with Gasteiger partial charge in [-0.3, -0.25) is 4.79 Å². The summed E-state index contributed by atoms with van der Waals surface area (Å²) in [5, 5.41) is 0.540. The second-order valence-corrected chi connectivity index (χ2v) is 4.99. The third kappa shape index (κ3) is 3.58. The molecular weight excluding hydrogens is 277 g/mol. The maximum absolute atomic E-state index is 13.6. The molecule has 0 N–H and O–H groups in total. The summed E-state index contributed by atoms with van der Waals surface area (Å²) in [6.45, 7) is 0.451. The zero-order valence-corrected chi connectivity index (χ0v) is 11.9. The highest BCUT2D eigenvalue weighted by Gasteiger charge is 2.10. The predicted molar refractivity (Wildman–Crippen MR) is 80.1 cm³/mol. The summed E-state index contributed by atoms with van der Waals surface area (Å²) in [4.78, 5) is 13.8. The number of halogens is 2. The number of para-hydroxylation sites is 1. The maximum atomic E-state index is 13.6. The van der Waals surface area contributed by atoms with Crippen molar-refractivity contribution in [3.8, 4) is 0 Å². The van der Waals surface area contributed by atoms with E-state index >= 15 is 0 Å². The molecule has 0 saturated carbocycles. The van der Waals surface area contributed by atoms with Crippen LogP contribution in [0.5, 0.6) is 0 Å². The van der Waals surface area contributed by atoms with E-state index in [1.807, 2.05) is 0 Å². The van der Waals surface area contributed by atoms with E-state index in [9.17, 15) is 9.18 Å². The first-order valence-corrected chi connectivity index (χ1v) is 6.70. The summed E-state index contributed by atoms with van der Waals surface area (Å²) < 4.78 is 13.6. The Morgan fingerprint density at radius 1 is 1.20 bits per heavy atom. The van der Waals surface area contributed by atoms with Gasteiger partial charge >= 0.3 is 0 Å². The topological polar surface area (TPSA) is 20.3 Å². The highest BCUT2D eigenvalue weighted by atomic mass is 35.5. The Morgan fingerprint density at radius 3 is 2.65 bits per heavy atom. The van der Waals surface area contributed by atoms with Gasteiger partial charge in [-0.15, -0.1) is 0 Å². The van der Waals surface area contributed by atoms with Crippen LogP contribution < -0.4 is 4.90 Å². The van der Waals surface area contributed by atoms with Gasteiger partial charge in [-0.2, -0.15) is 0 Å². The van der Waals surface area contributed by atoms with Crippen molar-refractivity contribution in [3.05, 3.63) is 64.9 Å². The lowest BCUT2D eigenvalue weighted by atomic mass is 10.1. The predicted octanol–water partition coefficient (Wildman–Crippen LogP) is 4.19. The van der Waals surface area contributed by atoms with E-state index in [-0.39, 0.29) is 11.6 Å². The number of carbonyl (C=O) groups excluding carboxylic acids is 1. The average molecular weight is 292 g/mol. The number of anilines is 1. The summed E-state index contributed by atoms with van der Waals surface area (Å²) in [7, 11) is 1.77. The number of ketones is 1.